The largest absolute Gasteiger partial charge is 0.361 e. The number of rotatable bonds is 3. The van der Waals surface area contributed by atoms with Crippen LogP contribution >= 0.6 is 0 Å². The van der Waals surface area contributed by atoms with Crippen LogP contribution in [0.4, 0.5) is 0 Å². The fourth-order valence-corrected chi connectivity index (χ4v) is 1.71. The van der Waals surface area contributed by atoms with E-state index in [4.69, 9.17) is 5.73 Å². The third-order valence-corrected chi connectivity index (χ3v) is 2.63. The Balaban J connectivity index is 2.35. The van der Waals surface area contributed by atoms with E-state index >= 15 is 0 Å². The monoisotopic (exact) mass is 200 g/mol. The second kappa shape index (κ2) is 4.32. The molecule has 15 heavy (non-hydrogen) atoms. The molecule has 1 aromatic carbocycles. The van der Waals surface area contributed by atoms with Crippen LogP contribution in [-0.4, -0.2) is 11.5 Å². The van der Waals surface area contributed by atoms with E-state index in [2.05, 4.69) is 42.2 Å². The fraction of sp³-hybridized carbons (Fsp3) is 0.231. The van der Waals surface area contributed by atoms with Crippen LogP contribution in [-0.2, 0) is 0 Å². The van der Waals surface area contributed by atoms with E-state index in [1.54, 1.807) is 0 Å². The molecule has 2 heteroatoms. The molecule has 0 fully saturated rings. The van der Waals surface area contributed by atoms with Crippen molar-refractivity contribution in [2.75, 3.05) is 6.54 Å². The van der Waals surface area contributed by atoms with E-state index in [0.717, 1.165) is 6.42 Å². The number of aromatic amines is 1. The number of nitrogens with two attached hydrogens (primary N) is 1. The Morgan fingerprint density at radius 1 is 1.40 bits per heavy atom. The zero-order valence-corrected chi connectivity index (χ0v) is 8.96. The third-order valence-electron chi connectivity index (χ3n) is 2.63. The molecule has 0 atom stereocenters. The molecule has 0 spiro atoms. The predicted molar refractivity (Wildman–Crippen MR) is 65.6 cm³/mol. The lowest BCUT2D eigenvalue weighted by Gasteiger charge is -2.01. The van der Waals surface area contributed by atoms with Crippen LogP contribution in [0.1, 0.15) is 18.9 Å². The number of aromatic nitrogens is 1. The maximum Gasteiger partial charge on any atom is 0.0460 e. The average molecular weight is 200 g/mol. The van der Waals surface area contributed by atoms with E-state index in [-0.39, 0.29) is 0 Å². The van der Waals surface area contributed by atoms with Gasteiger partial charge in [-0.05, 0) is 48.5 Å². The summed E-state index contributed by atoms with van der Waals surface area (Å²) < 4.78 is 0. The standard InChI is InChI=1S/C13H16N2/c1-10(3-2-7-14)12-5-4-11-6-8-15-13(11)9-12/h3-6,8-9,15H,2,7,14H2,1H3. The lowest BCUT2D eigenvalue weighted by atomic mass is 10.0. The van der Waals surface area contributed by atoms with Crippen LogP contribution < -0.4 is 5.73 Å². The number of hydrogen-bond acceptors (Lipinski definition) is 1. The quantitative estimate of drug-likeness (QED) is 0.786. The normalized spacial score (nSPS) is 12.3. The number of hydrogen-bond donors (Lipinski definition) is 2. The van der Waals surface area contributed by atoms with Gasteiger partial charge >= 0.3 is 0 Å². The van der Waals surface area contributed by atoms with Gasteiger partial charge < -0.3 is 10.7 Å². The fourth-order valence-electron chi connectivity index (χ4n) is 1.71. The van der Waals surface area contributed by atoms with Crippen molar-refractivity contribution in [3.05, 3.63) is 42.1 Å². The highest BCUT2D eigenvalue weighted by Crippen LogP contribution is 2.20. The van der Waals surface area contributed by atoms with E-state index in [1.807, 2.05) is 6.20 Å². The molecule has 0 aliphatic carbocycles. The SMILES string of the molecule is CC(=CCCN)c1ccc2cc[nH]c2c1. The molecule has 0 saturated heterocycles. The zero-order valence-electron chi connectivity index (χ0n) is 8.96. The van der Waals surface area contributed by atoms with Crippen molar-refractivity contribution in [1.82, 2.24) is 4.98 Å². The molecule has 0 aliphatic heterocycles. The Bertz CT molecular complexity index is 480. The van der Waals surface area contributed by atoms with Gasteiger partial charge in [-0.3, -0.25) is 0 Å². The van der Waals surface area contributed by atoms with Crippen molar-refractivity contribution < 1.29 is 0 Å². The van der Waals surface area contributed by atoms with Crippen molar-refractivity contribution in [2.24, 2.45) is 5.73 Å². The molecule has 2 nitrogen and oxygen atoms in total. The topological polar surface area (TPSA) is 41.8 Å². The molecule has 78 valence electrons. The van der Waals surface area contributed by atoms with E-state index in [0.29, 0.717) is 6.54 Å². The minimum atomic E-state index is 0.710. The highest BCUT2D eigenvalue weighted by Gasteiger charge is 1.98. The summed E-state index contributed by atoms with van der Waals surface area (Å²) in [5.74, 6) is 0. The highest BCUT2D eigenvalue weighted by atomic mass is 14.7. The van der Waals surface area contributed by atoms with Crippen molar-refractivity contribution >= 4 is 16.5 Å². The maximum absolute atomic E-state index is 5.48. The van der Waals surface area contributed by atoms with E-state index in [1.165, 1.54) is 22.0 Å². The molecule has 0 saturated carbocycles. The van der Waals surface area contributed by atoms with Gasteiger partial charge in [-0.2, -0.15) is 0 Å². The van der Waals surface area contributed by atoms with Gasteiger partial charge in [0.15, 0.2) is 0 Å². The Kier molecular flexibility index (Phi) is 2.88. The Labute approximate surface area is 89.8 Å². The summed E-state index contributed by atoms with van der Waals surface area (Å²) in [6, 6.07) is 8.55. The number of allylic oxidation sites excluding steroid dienone is 1. The molecule has 0 radical (unpaired) electrons. The molecule has 3 N–H and O–H groups in total. The Morgan fingerprint density at radius 3 is 3.07 bits per heavy atom. The van der Waals surface area contributed by atoms with Crippen LogP contribution in [0.15, 0.2) is 36.5 Å². The van der Waals surface area contributed by atoms with Gasteiger partial charge in [-0.15, -0.1) is 0 Å². The predicted octanol–water partition coefficient (Wildman–Crippen LogP) is 2.92. The second-order valence-electron chi connectivity index (χ2n) is 3.74. The molecule has 0 amide bonds. The van der Waals surface area contributed by atoms with E-state index < -0.39 is 0 Å². The lowest BCUT2D eigenvalue weighted by molar-refractivity contribution is 1.01. The molecule has 0 unspecified atom stereocenters. The van der Waals surface area contributed by atoms with Gasteiger partial charge in [-0.25, -0.2) is 0 Å². The smallest absolute Gasteiger partial charge is 0.0460 e. The number of H-pyrrole nitrogens is 1. The number of fused-ring (bicyclic) bond motifs is 1. The van der Waals surface area contributed by atoms with Crippen molar-refractivity contribution in [2.45, 2.75) is 13.3 Å². The first-order valence-electron chi connectivity index (χ1n) is 5.25. The first-order valence-corrected chi connectivity index (χ1v) is 5.25. The van der Waals surface area contributed by atoms with Crippen LogP contribution in [0.3, 0.4) is 0 Å². The van der Waals surface area contributed by atoms with Crippen molar-refractivity contribution in [1.29, 1.82) is 0 Å². The molecule has 2 rings (SSSR count). The summed E-state index contributed by atoms with van der Waals surface area (Å²) in [4.78, 5) is 3.22. The third kappa shape index (κ3) is 2.10. The van der Waals surface area contributed by atoms with Crippen LogP contribution in [0.2, 0.25) is 0 Å². The molecule has 0 bridgehead atoms. The lowest BCUT2D eigenvalue weighted by Crippen LogP contribution is -1.95. The molecule has 0 aliphatic rings. The first-order chi connectivity index (χ1) is 7.31. The van der Waals surface area contributed by atoms with Gasteiger partial charge in [0.1, 0.15) is 0 Å². The highest BCUT2D eigenvalue weighted by molar-refractivity contribution is 5.83. The molecular formula is C13H16N2. The van der Waals surface area contributed by atoms with Gasteiger partial charge in [0.2, 0.25) is 0 Å². The molecule has 1 heterocycles. The van der Waals surface area contributed by atoms with Crippen LogP contribution in [0, 0.1) is 0 Å². The van der Waals surface area contributed by atoms with Gasteiger partial charge in [-0.1, -0.05) is 18.2 Å². The van der Waals surface area contributed by atoms with Crippen LogP contribution in [0.5, 0.6) is 0 Å². The number of nitrogens with one attached hydrogen (secondary N) is 1. The maximum atomic E-state index is 5.48. The molecular weight excluding hydrogens is 184 g/mol. The summed E-state index contributed by atoms with van der Waals surface area (Å²) in [5, 5.41) is 1.25. The minimum Gasteiger partial charge on any atom is -0.361 e. The molecule has 2 aromatic rings. The van der Waals surface area contributed by atoms with Crippen molar-refractivity contribution in [3.63, 3.8) is 0 Å². The van der Waals surface area contributed by atoms with Gasteiger partial charge in [0.05, 0.1) is 0 Å². The summed E-state index contributed by atoms with van der Waals surface area (Å²) in [6.45, 7) is 2.84. The first kappa shape index (κ1) is 9.99. The average Bonchev–Trinajstić information content (AvgIpc) is 2.72. The minimum absolute atomic E-state index is 0.710. The van der Waals surface area contributed by atoms with Crippen LogP contribution in [0.25, 0.3) is 16.5 Å². The Hall–Kier alpha value is -1.54. The summed E-state index contributed by atoms with van der Waals surface area (Å²) in [6.07, 6.45) is 5.09. The van der Waals surface area contributed by atoms with Gasteiger partial charge in [0, 0.05) is 11.7 Å². The summed E-state index contributed by atoms with van der Waals surface area (Å²) in [7, 11) is 0. The van der Waals surface area contributed by atoms with Gasteiger partial charge in [0.25, 0.3) is 0 Å². The Morgan fingerprint density at radius 2 is 2.27 bits per heavy atom. The zero-order chi connectivity index (χ0) is 10.7. The summed E-state index contributed by atoms with van der Waals surface area (Å²) in [5.41, 5.74) is 9.22. The van der Waals surface area contributed by atoms with Crippen molar-refractivity contribution in [3.8, 4) is 0 Å². The summed E-state index contributed by atoms with van der Waals surface area (Å²) >= 11 is 0. The molecule has 1 aromatic heterocycles. The number of benzene rings is 1. The second-order valence-corrected chi connectivity index (χ2v) is 3.74. The van der Waals surface area contributed by atoms with E-state index in [9.17, 15) is 0 Å².